The lowest BCUT2D eigenvalue weighted by Crippen LogP contribution is -2.47. The number of tetrazole rings is 1. The minimum atomic E-state index is -0.0208. The standard InChI is InChI=1S/C18H24ClN5/c1-14-7-8-15(19)13-16(14)24-17(20-21-22-24)18(9-3-2-4-10-18)23-11-5-6-12-23/h7-8,13H,2-6,9-12H2,1H3. The van der Waals surface area contributed by atoms with Crippen molar-refractivity contribution in [2.24, 2.45) is 0 Å². The molecule has 0 unspecified atom stereocenters. The first kappa shape index (κ1) is 16.0. The molecule has 1 aliphatic heterocycles. The maximum atomic E-state index is 6.24. The number of likely N-dealkylation sites (tertiary alicyclic amines) is 1. The van der Waals surface area contributed by atoms with E-state index in [4.69, 9.17) is 11.6 Å². The molecule has 5 nitrogen and oxygen atoms in total. The van der Waals surface area contributed by atoms with Gasteiger partial charge in [-0.2, -0.15) is 4.68 Å². The molecule has 6 heteroatoms. The van der Waals surface area contributed by atoms with Crippen molar-refractivity contribution in [3.63, 3.8) is 0 Å². The zero-order valence-corrected chi connectivity index (χ0v) is 15.0. The summed E-state index contributed by atoms with van der Waals surface area (Å²) in [5.41, 5.74) is 2.11. The van der Waals surface area contributed by atoms with Gasteiger partial charge in [-0.15, -0.1) is 5.10 Å². The molecule has 0 amide bonds. The number of nitrogens with zero attached hydrogens (tertiary/aromatic N) is 5. The zero-order valence-electron chi connectivity index (χ0n) is 14.2. The van der Waals surface area contributed by atoms with E-state index in [1.807, 2.05) is 22.9 Å². The minimum absolute atomic E-state index is 0.0208. The molecule has 2 aromatic rings. The average molecular weight is 346 g/mol. The van der Waals surface area contributed by atoms with E-state index < -0.39 is 0 Å². The Morgan fingerprint density at radius 3 is 2.54 bits per heavy atom. The van der Waals surface area contributed by atoms with E-state index in [1.165, 1.54) is 32.1 Å². The molecule has 128 valence electrons. The first-order chi connectivity index (χ1) is 11.7. The molecule has 0 bridgehead atoms. The third-order valence-corrected chi connectivity index (χ3v) is 5.91. The Kier molecular flexibility index (Phi) is 4.31. The van der Waals surface area contributed by atoms with Crippen LogP contribution in [0.3, 0.4) is 0 Å². The predicted molar refractivity (Wildman–Crippen MR) is 94.5 cm³/mol. The largest absolute Gasteiger partial charge is 0.291 e. The van der Waals surface area contributed by atoms with Gasteiger partial charge in [0, 0.05) is 5.02 Å². The van der Waals surface area contributed by atoms with Crippen LogP contribution < -0.4 is 0 Å². The smallest absolute Gasteiger partial charge is 0.176 e. The quantitative estimate of drug-likeness (QED) is 0.847. The van der Waals surface area contributed by atoms with Gasteiger partial charge in [-0.05, 0) is 73.8 Å². The highest BCUT2D eigenvalue weighted by molar-refractivity contribution is 6.30. The van der Waals surface area contributed by atoms with E-state index >= 15 is 0 Å². The van der Waals surface area contributed by atoms with Gasteiger partial charge in [0.2, 0.25) is 0 Å². The van der Waals surface area contributed by atoms with Crippen LogP contribution >= 0.6 is 11.6 Å². The lowest BCUT2D eigenvalue weighted by atomic mass is 9.79. The van der Waals surface area contributed by atoms with Crippen molar-refractivity contribution < 1.29 is 0 Å². The van der Waals surface area contributed by atoms with Gasteiger partial charge >= 0.3 is 0 Å². The molecule has 4 rings (SSSR count). The highest BCUT2D eigenvalue weighted by Crippen LogP contribution is 2.43. The van der Waals surface area contributed by atoms with Crippen molar-refractivity contribution in [2.75, 3.05) is 13.1 Å². The molecule has 1 aliphatic carbocycles. The summed E-state index contributed by atoms with van der Waals surface area (Å²) in [4.78, 5) is 2.63. The van der Waals surface area contributed by atoms with Gasteiger partial charge in [-0.3, -0.25) is 4.90 Å². The first-order valence-electron chi connectivity index (χ1n) is 9.01. The van der Waals surface area contributed by atoms with E-state index in [-0.39, 0.29) is 5.54 Å². The van der Waals surface area contributed by atoms with Crippen LogP contribution in [0.2, 0.25) is 5.02 Å². The average Bonchev–Trinajstić information content (AvgIpc) is 3.29. The second-order valence-corrected chi connectivity index (χ2v) is 7.57. The van der Waals surface area contributed by atoms with Gasteiger partial charge < -0.3 is 0 Å². The molecule has 24 heavy (non-hydrogen) atoms. The van der Waals surface area contributed by atoms with Crippen molar-refractivity contribution in [1.29, 1.82) is 0 Å². The predicted octanol–water partition coefficient (Wildman–Crippen LogP) is 3.88. The second-order valence-electron chi connectivity index (χ2n) is 7.13. The number of benzene rings is 1. The van der Waals surface area contributed by atoms with Crippen LogP contribution in [0.15, 0.2) is 18.2 Å². The summed E-state index contributed by atoms with van der Waals surface area (Å²) < 4.78 is 1.94. The molecule has 2 aliphatic rings. The van der Waals surface area contributed by atoms with Crippen LogP contribution in [0.1, 0.15) is 56.3 Å². The van der Waals surface area contributed by atoms with Crippen LogP contribution in [0.4, 0.5) is 0 Å². The lowest BCUT2D eigenvalue weighted by molar-refractivity contribution is 0.0595. The minimum Gasteiger partial charge on any atom is -0.291 e. The van der Waals surface area contributed by atoms with E-state index in [1.54, 1.807) is 0 Å². The Bertz CT molecular complexity index is 714. The maximum Gasteiger partial charge on any atom is 0.176 e. The number of aryl methyl sites for hydroxylation is 1. The van der Waals surface area contributed by atoms with Crippen molar-refractivity contribution >= 4 is 11.6 Å². The van der Waals surface area contributed by atoms with Crippen molar-refractivity contribution in [3.05, 3.63) is 34.6 Å². The highest BCUT2D eigenvalue weighted by atomic mass is 35.5. The normalized spacial score (nSPS) is 21.2. The number of halogens is 1. The Balaban J connectivity index is 1.83. The van der Waals surface area contributed by atoms with Gasteiger partial charge in [0.05, 0.1) is 11.2 Å². The van der Waals surface area contributed by atoms with Crippen LogP contribution in [0, 0.1) is 6.92 Å². The fourth-order valence-corrected chi connectivity index (χ4v) is 4.58. The fraction of sp³-hybridized carbons (Fsp3) is 0.611. The van der Waals surface area contributed by atoms with E-state index in [0.717, 1.165) is 48.0 Å². The summed E-state index contributed by atoms with van der Waals surface area (Å²) in [6.07, 6.45) is 8.65. The summed E-state index contributed by atoms with van der Waals surface area (Å²) in [6, 6.07) is 5.92. The Hall–Kier alpha value is -1.46. The highest BCUT2D eigenvalue weighted by Gasteiger charge is 2.45. The van der Waals surface area contributed by atoms with Crippen LogP contribution in [0.25, 0.3) is 5.69 Å². The molecule has 0 atom stereocenters. The molecule has 1 aromatic carbocycles. The monoisotopic (exact) mass is 345 g/mol. The third kappa shape index (κ3) is 2.64. The molecule has 0 N–H and O–H groups in total. The number of aromatic nitrogens is 4. The van der Waals surface area contributed by atoms with Gasteiger partial charge in [0.25, 0.3) is 0 Å². The Morgan fingerprint density at radius 2 is 1.79 bits per heavy atom. The molecule has 0 spiro atoms. The molecule has 1 aromatic heterocycles. The second kappa shape index (κ2) is 6.45. The maximum absolute atomic E-state index is 6.24. The molecular formula is C18H24ClN5. The Labute approximate surface area is 148 Å². The van der Waals surface area contributed by atoms with E-state index in [2.05, 4.69) is 27.3 Å². The van der Waals surface area contributed by atoms with Crippen molar-refractivity contribution in [1.82, 2.24) is 25.1 Å². The van der Waals surface area contributed by atoms with Crippen LogP contribution in [-0.4, -0.2) is 38.2 Å². The molecular weight excluding hydrogens is 322 g/mol. The van der Waals surface area contributed by atoms with E-state index in [9.17, 15) is 0 Å². The molecule has 0 radical (unpaired) electrons. The summed E-state index contributed by atoms with van der Waals surface area (Å²) in [6.45, 7) is 4.39. The topological polar surface area (TPSA) is 46.8 Å². The Morgan fingerprint density at radius 1 is 1.04 bits per heavy atom. The lowest BCUT2D eigenvalue weighted by Gasteiger charge is -2.43. The number of hydrogen-bond donors (Lipinski definition) is 0. The van der Waals surface area contributed by atoms with E-state index in [0.29, 0.717) is 0 Å². The van der Waals surface area contributed by atoms with Crippen molar-refractivity contribution in [2.45, 2.75) is 57.4 Å². The first-order valence-corrected chi connectivity index (χ1v) is 9.39. The summed E-state index contributed by atoms with van der Waals surface area (Å²) in [7, 11) is 0. The van der Waals surface area contributed by atoms with Gasteiger partial charge in [0.1, 0.15) is 0 Å². The van der Waals surface area contributed by atoms with Crippen LogP contribution in [0.5, 0.6) is 0 Å². The summed E-state index contributed by atoms with van der Waals surface area (Å²) in [5, 5.41) is 13.6. The van der Waals surface area contributed by atoms with Gasteiger partial charge in [-0.1, -0.05) is 36.9 Å². The van der Waals surface area contributed by atoms with Gasteiger partial charge in [0.15, 0.2) is 5.82 Å². The fourth-order valence-electron chi connectivity index (χ4n) is 4.41. The summed E-state index contributed by atoms with van der Waals surface area (Å²) in [5.74, 6) is 0.995. The zero-order chi connectivity index (χ0) is 16.6. The number of hydrogen-bond acceptors (Lipinski definition) is 4. The molecule has 2 heterocycles. The third-order valence-electron chi connectivity index (χ3n) is 5.68. The summed E-state index contributed by atoms with van der Waals surface area (Å²) >= 11 is 6.24. The SMILES string of the molecule is Cc1ccc(Cl)cc1-n1nnnc1C1(N2CCCC2)CCCCC1. The molecule has 1 saturated heterocycles. The van der Waals surface area contributed by atoms with Crippen LogP contribution in [-0.2, 0) is 5.54 Å². The molecule has 1 saturated carbocycles. The van der Waals surface area contributed by atoms with Crippen molar-refractivity contribution in [3.8, 4) is 5.69 Å². The van der Waals surface area contributed by atoms with Gasteiger partial charge in [-0.25, -0.2) is 0 Å². The number of rotatable bonds is 3. The molecule has 2 fully saturated rings.